The Morgan fingerprint density at radius 1 is 1.19 bits per heavy atom. The summed E-state index contributed by atoms with van der Waals surface area (Å²) in [6, 6.07) is 6.60. The number of sulfonamides is 1. The quantitative estimate of drug-likeness (QED) is 0.692. The summed E-state index contributed by atoms with van der Waals surface area (Å²) in [6.07, 6.45) is 0.945. The molecule has 1 saturated heterocycles. The zero-order valence-corrected chi connectivity index (χ0v) is 16.6. The molecule has 7 nitrogen and oxygen atoms in total. The van der Waals surface area contributed by atoms with E-state index in [2.05, 4.69) is 28.8 Å². The van der Waals surface area contributed by atoms with Crippen LogP contribution in [0.3, 0.4) is 0 Å². The highest BCUT2D eigenvalue weighted by molar-refractivity contribution is 7.89. The lowest BCUT2D eigenvalue weighted by Crippen LogP contribution is -2.55. The molecule has 0 radical (unpaired) electrons. The normalized spacial score (nSPS) is 16.4. The monoisotopic (exact) mass is 383 g/mol. The van der Waals surface area contributed by atoms with Crippen molar-refractivity contribution >= 4 is 15.9 Å². The number of benzene rings is 1. The molecule has 1 fully saturated rings. The van der Waals surface area contributed by atoms with E-state index in [1.165, 1.54) is 7.05 Å². The van der Waals surface area contributed by atoms with Crippen LogP contribution in [0.15, 0.2) is 29.2 Å². The fourth-order valence-electron chi connectivity index (χ4n) is 2.89. The second-order valence-electron chi connectivity index (χ2n) is 7.04. The van der Waals surface area contributed by atoms with E-state index in [1.54, 1.807) is 24.3 Å². The molecular weight excluding hydrogens is 354 g/mol. The van der Waals surface area contributed by atoms with Crippen molar-refractivity contribution in [2.45, 2.75) is 37.1 Å². The minimum absolute atomic E-state index is 0.00161. The summed E-state index contributed by atoms with van der Waals surface area (Å²) in [7, 11) is -2.04. The van der Waals surface area contributed by atoms with Gasteiger partial charge < -0.3 is 10.1 Å². The minimum Gasteiger partial charge on any atom is -0.379 e. The first-order chi connectivity index (χ1) is 12.2. The summed E-state index contributed by atoms with van der Waals surface area (Å²) in [6.45, 7) is 8.06. The number of ether oxygens (including phenoxy) is 1. The lowest BCUT2D eigenvalue weighted by molar-refractivity contribution is -0.121. The van der Waals surface area contributed by atoms with Crippen molar-refractivity contribution in [2.75, 3.05) is 39.9 Å². The van der Waals surface area contributed by atoms with E-state index in [0.29, 0.717) is 19.4 Å². The fraction of sp³-hybridized carbons (Fsp3) is 0.611. The summed E-state index contributed by atoms with van der Waals surface area (Å²) in [5.41, 5.74) is 0.824. The van der Waals surface area contributed by atoms with Gasteiger partial charge in [-0.25, -0.2) is 13.1 Å². The lowest BCUT2D eigenvalue weighted by Gasteiger charge is -2.40. The van der Waals surface area contributed by atoms with E-state index in [-0.39, 0.29) is 16.3 Å². The van der Waals surface area contributed by atoms with Crippen molar-refractivity contribution in [3.05, 3.63) is 29.8 Å². The van der Waals surface area contributed by atoms with Crippen LogP contribution in [0.25, 0.3) is 0 Å². The Bertz CT molecular complexity index is 696. The van der Waals surface area contributed by atoms with E-state index in [1.807, 2.05) is 0 Å². The van der Waals surface area contributed by atoms with Gasteiger partial charge in [0.2, 0.25) is 15.9 Å². The Morgan fingerprint density at radius 3 is 2.38 bits per heavy atom. The summed E-state index contributed by atoms with van der Waals surface area (Å²) in [4.78, 5) is 14.7. The van der Waals surface area contributed by atoms with Gasteiger partial charge in [0.1, 0.15) is 0 Å². The van der Waals surface area contributed by atoms with E-state index in [4.69, 9.17) is 4.74 Å². The van der Waals surface area contributed by atoms with Gasteiger partial charge in [-0.15, -0.1) is 0 Å². The predicted molar refractivity (Wildman–Crippen MR) is 100 cm³/mol. The maximum Gasteiger partial charge on any atom is 0.240 e. The number of hydrogen-bond donors (Lipinski definition) is 2. The zero-order chi connectivity index (χ0) is 19.2. The van der Waals surface area contributed by atoms with Gasteiger partial charge in [-0.1, -0.05) is 12.1 Å². The number of aryl methyl sites for hydroxylation is 1. The van der Waals surface area contributed by atoms with Crippen LogP contribution in [0.2, 0.25) is 0 Å². The summed E-state index contributed by atoms with van der Waals surface area (Å²) >= 11 is 0. The molecule has 1 aliphatic heterocycles. The number of nitrogens with one attached hydrogen (secondary N) is 2. The molecule has 8 heteroatoms. The number of carbonyl (C=O) groups is 1. The fourth-order valence-corrected chi connectivity index (χ4v) is 3.62. The van der Waals surface area contributed by atoms with E-state index in [0.717, 1.165) is 31.9 Å². The van der Waals surface area contributed by atoms with Crippen LogP contribution >= 0.6 is 0 Å². The van der Waals surface area contributed by atoms with Crippen LogP contribution < -0.4 is 10.0 Å². The van der Waals surface area contributed by atoms with Crippen molar-refractivity contribution in [1.82, 2.24) is 14.9 Å². The third kappa shape index (κ3) is 5.77. The highest BCUT2D eigenvalue weighted by Crippen LogP contribution is 2.15. The number of amides is 1. The molecule has 1 aromatic carbocycles. The molecule has 1 aliphatic rings. The maximum atomic E-state index is 12.2. The first kappa shape index (κ1) is 20.8. The molecule has 0 spiro atoms. The Labute approximate surface area is 156 Å². The number of nitrogens with zero attached hydrogens (tertiary/aromatic N) is 1. The Hall–Kier alpha value is -1.48. The second-order valence-corrected chi connectivity index (χ2v) is 8.93. The Kier molecular flexibility index (Phi) is 7.16. The summed E-state index contributed by atoms with van der Waals surface area (Å²) < 4.78 is 31.1. The molecule has 1 heterocycles. The van der Waals surface area contributed by atoms with Crippen LogP contribution in [0.1, 0.15) is 25.8 Å². The van der Waals surface area contributed by atoms with Crippen LogP contribution in [0.4, 0.5) is 0 Å². The molecule has 0 aliphatic carbocycles. The first-order valence-electron chi connectivity index (χ1n) is 8.86. The lowest BCUT2D eigenvalue weighted by atomic mass is 10.0. The zero-order valence-electron chi connectivity index (χ0n) is 15.7. The van der Waals surface area contributed by atoms with Gasteiger partial charge in [0.05, 0.1) is 18.1 Å². The van der Waals surface area contributed by atoms with Crippen LogP contribution in [-0.4, -0.2) is 64.7 Å². The highest BCUT2D eigenvalue weighted by atomic mass is 32.2. The molecule has 1 aromatic rings. The van der Waals surface area contributed by atoms with Crippen LogP contribution in [-0.2, 0) is 26.0 Å². The minimum atomic E-state index is -3.42. The van der Waals surface area contributed by atoms with E-state index >= 15 is 0 Å². The van der Waals surface area contributed by atoms with Gasteiger partial charge in [0.25, 0.3) is 0 Å². The molecule has 2 rings (SSSR count). The van der Waals surface area contributed by atoms with Crippen molar-refractivity contribution in [1.29, 1.82) is 0 Å². The smallest absolute Gasteiger partial charge is 0.240 e. The third-order valence-electron chi connectivity index (χ3n) is 4.73. The predicted octanol–water partition coefficient (Wildman–Crippen LogP) is 0.754. The van der Waals surface area contributed by atoms with Gasteiger partial charge in [-0.05, 0) is 45.0 Å². The van der Waals surface area contributed by atoms with Crippen molar-refractivity contribution < 1.29 is 17.9 Å². The summed E-state index contributed by atoms with van der Waals surface area (Å²) in [5, 5.41) is 3.01. The van der Waals surface area contributed by atoms with Crippen LogP contribution in [0, 0.1) is 0 Å². The van der Waals surface area contributed by atoms with Crippen molar-refractivity contribution in [3.8, 4) is 0 Å². The number of morpholine rings is 1. The average molecular weight is 384 g/mol. The van der Waals surface area contributed by atoms with E-state index < -0.39 is 10.0 Å². The van der Waals surface area contributed by atoms with Gasteiger partial charge in [-0.2, -0.15) is 0 Å². The van der Waals surface area contributed by atoms with Gasteiger partial charge >= 0.3 is 0 Å². The van der Waals surface area contributed by atoms with Crippen molar-refractivity contribution in [2.24, 2.45) is 0 Å². The molecule has 0 atom stereocenters. The topological polar surface area (TPSA) is 87.7 Å². The number of hydrogen-bond acceptors (Lipinski definition) is 5. The Morgan fingerprint density at radius 2 is 1.81 bits per heavy atom. The molecular formula is C18H29N3O4S. The largest absolute Gasteiger partial charge is 0.379 e. The average Bonchev–Trinajstić information content (AvgIpc) is 2.66. The van der Waals surface area contributed by atoms with Gasteiger partial charge in [0.15, 0.2) is 0 Å². The maximum absolute atomic E-state index is 12.2. The molecule has 0 aromatic heterocycles. The van der Waals surface area contributed by atoms with Gasteiger partial charge in [-0.3, -0.25) is 9.69 Å². The SMILES string of the molecule is CNS(=O)(=O)c1ccc(CCC(=O)NCC(C)(C)N2CCOCC2)cc1. The van der Waals surface area contributed by atoms with Crippen molar-refractivity contribution in [3.63, 3.8) is 0 Å². The first-order valence-corrected chi connectivity index (χ1v) is 10.3. The Balaban J connectivity index is 1.79. The number of rotatable bonds is 8. The molecule has 0 unspecified atom stereocenters. The van der Waals surface area contributed by atoms with Gasteiger partial charge in [0, 0.05) is 31.6 Å². The molecule has 146 valence electrons. The molecule has 0 saturated carbocycles. The summed E-state index contributed by atoms with van der Waals surface area (Å²) in [5.74, 6) is -0.00161. The molecule has 26 heavy (non-hydrogen) atoms. The molecule has 0 bridgehead atoms. The standard InChI is InChI=1S/C18H29N3O4S/c1-18(2,21-10-12-25-13-11-21)14-20-17(22)9-6-15-4-7-16(8-5-15)26(23,24)19-3/h4-5,7-8,19H,6,9-14H2,1-3H3,(H,20,22). The third-order valence-corrected chi connectivity index (χ3v) is 6.16. The molecule has 2 N–H and O–H groups in total. The van der Waals surface area contributed by atoms with E-state index in [9.17, 15) is 13.2 Å². The second kappa shape index (κ2) is 8.94. The van der Waals surface area contributed by atoms with Crippen LogP contribution in [0.5, 0.6) is 0 Å². The highest BCUT2D eigenvalue weighted by Gasteiger charge is 2.28. The number of carbonyl (C=O) groups excluding carboxylic acids is 1. The molecule has 1 amide bonds.